The molecule has 1 aromatic heterocycles. The number of rotatable bonds is 2. The third-order valence-electron chi connectivity index (χ3n) is 2.72. The first kappa shape index (κ1) is 13.8. The molecule has 1 fully saturated rings. The van der Waals surface area contributed by atoms with Gasteiger partial charge >= 0.3 is 0 Å². The van der Waals surface area contributed by atoms with Gasteiger partial charge in [-0.1, -0.05) is 0 Å². The van der Waals surface area contributed by atoms with Gasteiger partial charge in [-0.25, -0.2) is 0 Å². The summed E-state index contributed by atoms with van der Waals surface area (Å²) in [4.78, 5) is 15.0. The Morgan fingerprint density at radius 1 is 1.44 bits per heavy atom. The summed E-state index contributed by atoms with van der Waals surface area (Å²) in [6.45, 7) is 5.33. The summed E-state index contributed by atoms with van der Waals surface area (Å²) in [6, 6.07) is 3.97. The highest BCUT2D eigenvalue weighted by Gasteiger charge is 2.24. The highest BCUT2D eigenvalue weighted by atomic mass is 79.9. The molecule has 3 nitrogen and oxygen atoms in total. The summed E-state index contributed by atoms with van der Waals surface area (Å²) in [7, 11) is 0. The van der Waals surface area contributed by atoms with Crippen molar-refractivity contribution in [3.05, 3.63) is 26.9 Å². The molecule has 0 spiro atoms. The standard InChI is InChI=1S/C13H16BrNO2S/c1-9-7-15(8-10(2)17-9)13(16)6-4-11-3-5-12(14)18-11/h3-6,9-10H,7-8H2,1-2H3/b6-4+. The highest BCUT2D eigenvalue weighted by molar-refractivity contribution is 9.11. The maximum absolute atomic E-state index is 12.0. The Hall–Kier alpha value is -0.650. The number of halogens is 1. The average Bonchev–Trinajstić information content (AvgIpc) is 2.70. The van der Waals surface area contributed by atoms with E-state index in [4.69, 9.17) is 4.74 Å². The topological polar surface area (TPSA) is 29.5 Å². The Labute approximate surface area is 120 Å². The lowest BCUT2D eigenvalue weighted by atomic mass is 10.2. The molecule has 0 bridgehead atoms. The van der Waals surface area contributed by atoms with Crippen LogP contribution in [0.3, 0.4) is 0 Å². The molecule has 0 radical (unpaired) electrons. The zero-order chi connectivity index (χ0) is 13.1. The first-order valence-electron chi connectivity index (χ1n) is 5.92. The normalized spacial score (nSPS) is 24.7. The molecule has 18 heavy (non-hydrogen) atoms. The SMILES string of the molecule is CC1CN(C(=O)/C=C/c2ccc(Br)s2)CC(C)O1. The molecular formula is C13H16BrNO2S. The van der Waals surface area contributed by atoms with Gasteiger partial charge in [-0.3, -0.25) is 4.79 Å². The molecule has 1 aliphatic rings. The van der Waals surface area contributed by atoms with E-state index in [2.05, 4.69) is 15.9 Å². The Morgan fingerprint density at radius 3 is 2.67 bits per heavy atom. The predicted octanol–water partition coefficient (Wildman–Crippen LogP) is 3.16. The Kier molecular flexibility index (Phi) is 4.59. The average molecular weight is 330 g/mol. The molecule has 0 aromatic carbocycles. The highest BCUT2D eigenvalue weighted by Crippen LogP contribution is 2.23. The molecule has 2 rings (SSSR count). The van der Waals surface area contributed by atoms with Crippen LogP contribution in [-0.4, -0.2) is 36.1 Å². The molecule has 5 heteroatoms. The van der Waals surface area contributed by atoms with E-state index in [1.54, 1.807) is 17.4 Å². The molecule has 0 N–H and O–H groups in total. The second-order valence-corrected chi connectivity index (χ2v) is 6.97. The van der Waals surface area contributed by atoms with Crippen LogP contribution in [0, 0.1) is 0 Å². The van der Waals surface area contributed by atoms with Crippen LogP contribution >= 0.6 is 27.3 Å². The summed E-state index contributed by atoms with van der Waals surface area (Å²) in [5, 5.41) is 0. The first-order chi connectivity index (χ1) is 8.54. The number of nitrogens with zero attached hydrogens (tertiary/aromatic N) is 1. The maximum atomic E-state index is 12.0. The van der Waals surface area contributed by atoms with Gasteiger partial charge in [-0.2, -0.15) is 0 Å². The number of carbonyl (C=O) groups excluding carboxylic acids is 1. The summed E-state index contributed by atoms with van der Waals surface area (Å²) in [6.07, 6.45) is 3.73. The van der Waals surface area contributed by atoms with Crippen LogP contribution in [0.4, 0.5) is 0 Å². The quantitative estimate of drug-likeness (QED) is 0.780. The van der Waals surface area contributed by atoms with Crippen LogP contribution < -0.4 is 0 Å². The minimum Gasteiger partial charge on any atom is -0.372 e. The van der Waals surface area contributed by atoms with Gasteiger partial charge in [0.25, 0.3) is 0 Å². The van der Waals surface area contributed by atoms with E-state index in [-0.39, 0.29) is 18.1 Å². The van der Waals surface area contributed by atoms with Gasteiger partial charge in [0.2, 0.25) is 5.91 Å². The molecule has 98 valence electrons. The second-order valence-electron chi connectivity index (χ2n) is 4.48. The predicted molar refractivity (Wildman–Crippen MR) is 77.6 cm³/mol. The van der Waals surface area contributed by atoms with Gasteiger partial charge in [0, 0.05) is 24.0 Å². The molecule has 1 aromatic rings. The smallest absolute Gasteiger partial charge is 0.246 e. The van der Waals surface area contributed by atoms with Gasteiger partial charge in [0.05, 0.1) is 16.0 Å². The van der Waals surface area contributed by atoms with Crippen LogP contribution in [0.2, 0.25) is 0 Å². The van der Waals surface area contributed by atoms with Crippen molar-refractivity contribution >= 4 is 39.2 Å². The fourth-order valence-electron chi connectivity index (χ4n) is 2.03. The number of morpholine rings is 1. The van der Waals surface area contributed by atoms with Crippen LogP contribution in [-0.2, 0) is 9.53 Å². The van der Waals surface area contributed by atoms with Crippen LogP contribution in [0.5, 0.6) is 0 Å². The molecular weight excluding hydrogens is 314 g/mol. The van der Waals surface area contributed by atoms with Gasteiger partial charge < -0.3 is 9.64 Å². The Balaban J connectivity index is 1.97. The van der Waals surface area contributed by atoms with Gasteiger partial charge in [0.1, 0.15) is 0 Å². The van der Waals surface area contributed by atoms with Gasteiger partial charge in [0.15, 0.2) is 0 Å². The number of carbonyl (C=O) groups is 1. The number of thiophene rings is 1. The molecule has 2 atom stereocenters. The van der Waals surface area contributed by atoms with Crippen molar-refractivity contribution in [2.24, 2.45) is 0 Å². The Morgan fingerprint density at radius 2 is 2.11 bits per heavy atom. The lowest BCUT2D eigenvalue weighted by molar-refractivity contribution is -0.137. The molecule has 1 aliphatic heterocycles. The van der Waals surface area contributed by atoms with Crippen LogP contribution in [0.1, 0.15) is 18.7 Å². The van der Waals surface area contributed by atoms with E-state index in [9.17, 15) is 4.79 Å². The number of hydrogen-bond acceptors (Lipinski definition) is 3. The third-order valence-corrected chi connectivity index (χ3v) is 4.30. The fourth-order valence-corrected chi connectivity index (χ4v) is 3.36. The van der Waals surface area contributed by atoms with Crippen molar-refractivity contribution in [3.63, 3.8) is 0 Å². The molecule has 2 heterocycles. The van der Waals surface area contributed by atoms with Crippen molar-refractivity contribution in [2.45, 2.75) is 26.1 Å². The maximum Gasteiger partial charge on any atom is 0.246 e. The van der Waals surface area contributed by atoms with Gasteiger partial charge in [-0.05, 0) is 48.0 Å². The second kappa shape index (κ2) is 5.99. The largest absolute Gasteiger partial charge is 0.372 e. The lowest BCUT2D eigenvalue weighted by Crippen LogP contribution is -2.47. The van der Waals surface area contributed by atoms with Crippen LogP contribution in [0.25, 0.3) is 6.08 Å². The molecule has 2 unspecified atom stereocenters. The van der Waals surface area contributed by atoms with E-state index >= 15 is 0 Å². The third kappa shape index (κ3) is 3.67. The van der Waals surface area contributed by atoms with Crippen molar-refractivity contribution < 1.29 is 9.53 Å². The van der Waals surface area contributed by atoms with Crippen molar-refractivity contribution in [1.29, 1.82) is 0 Å². The summed E-state index contributed by atoms with van der Waals surface area (Å²) < 4.78 is 6.68. The van der Waals surface area contributed by atoms with Crippen molar-refractivity contribution in [1.82, 2.24) is 4.90 Å². The van der Waals surface area contributed by atoms with E-state index < -0.39 is 0 Å². The molecule has 1 saturated heterocycles. The van der Waals surface area contributed by atoms with Crippen molar-refractivity contribution in [3.8, 4) is 0 Å². The fraction of sp³-hybridized carbons (Fsp3) is 0.462. The van der Waals surface area contributed by atoms with Crippen molar-refractivity contribution in [2.75, 3.05) is 13.1 Å². The molecule has 0 saturated carbocycles. The lowest BCUT2D eigenvalue weighted by Gasteiger charge is -2.34. The first-order valence-corrected chi connectivity index (χ1v) is 7.53. The minimum absolute atomic E-state index is 0.0570. The van der Waals surface area contributed by atoms with E-state index in [1.807, 2.05) is 37.0 Å². The summed E-state index contributed by atoms with van der Waals surface area (Å²) in [5.74, 6) is 0.0570. The van der Waals surface area contributed by atoms with E-state index in [1.165, 1.54) is 0 Å². The molecule has 1 amide bonds. The molecule has 0 aliphatic carbocycles. The number of hydrogen-bond donors (Lipinski definition) is 0. The van der Waals surface area contributed by atoms with E-state index in [0.717, 1.165) is 8.66 Å². The zero-order valence-corrected chi connectivity index (χ0v) is 12.8. The summed E-state index contributed by atoms with van der Waals surface area (Å²) >= 11 is 5.02. The minimum atomic E-state index is 0.0570. The van der Waals surface area contributed by atoms with Crippen LogP contribution in [0.15, 0.2) is 22.0 Å². The zero-order valence-electron chi connectivity index (χ0n) is 10.4. The number of ether oxygens (including phenoxy) is 1. The Bertz CT molecular complexity index is 448. The van der Waals surface area contributed by atoms with E-state index in [0.29, 0.717) is 13.1 Å². The monoisotopic (exact) mass is 329 g/mol. The van der Waals surface area contributed by atoms with Gasteiger partial charge in [-0.15, -0.1) is 11.3 Å². The summed E-state index contributed by atoms with van der Waals surface area (Å²) in [5.41, 5.74) is 0. The number of amides is 1.